The van der Waals surface area contributed by atoms with Gasteiger partial charge < -0.3 is 11.1 Å². The highest BCUT2D eigenvalue weighted by Crippen LogP contribution is 2.34. The quantitative estimate of drug-likeness (QED) is 0.909. The van der Waals surface area contributed by atoms with Crippen LogP contribution in [-0.2, 0) is 0 Å². The van der Waals surface area contributed by atoms with E-state index in [4.69, 9.17) is 5.73 Å². The van der Waals surface area contributed by atoms with Gasteiger partial charge in [0.1, 0.15) is 10.7 Å². The van der Waals surface area contributed by atoms with E-state index in [-0.39, 0.29) is 11.7 Å². The molecule has 0 unspecified atom stereocenters. The summed E-state index contributed by atoms with van der Waals surface area (Å²) in [5.41, 5.74) is 6.36. The van der Waals surface area contributed by atoms with Crippen LogP contribution < -0.4 is 11.1 Å². The van der Waals surface area contributed by atoms with Gasteiger partial charge in [-0.05, 0) is 37.0 Å². The molecule has 5 heteroatoms. The molecule has 2 aromatic rings. The first-order chi connectivity index (χ1) is 9.65. The maximum absolute atomic E-state index is 13.2. The van der Waals surface area contributed by atoms with Crippen LogP contribution in [0.25, 0.3) is 10.1 Å². The molecule has 0 aliphatic heterocycles. The minimum atomic E-state index is -0.333. The molecule has 3 nitrogen and oxygen atoms in total. The second kappa shape index (κ2) is 5.40. The van der Waals surface area contributed by atoms with Crippen molar-refractivity contribution in [3.8, 4) is 0 Å². The van der Waals surface area contributed by atoms with Crippen LogP contribution in [0.2, 0.25) is 0 Å². The molecule has 3 rings (SSSR count). The number of fused-ring (bicyclic) bond motifs is 1. The highest BCUT2D eigenvalue weighted by Gasteiger charge is 2.19. The van der Waals surface area contributed by atoms with Gasteiger partial charge in [0, 0.05) is 16.6 Å². The molecule has 1 aliphatic rings. The molecule has 0 saturated heterocycles. The number of nitrogens with two attached hydrogens (primary N) is 1. The second-order valence-electron chi connectivity index (χ2n) is 5.35. The molecule has 1 fully saturated rings. The number of anilines is 1. The molecule has 0 radical (unpaired) electrons. The van der Waals surface area contributed by atoms with E-state index in [1.807, 2.05) is 0 Å². The van der Waals surface area contributed by atoms with Crippen LogP contribution in [0.5, 0.6) is 0 Å². The Hall–Kier alpha value is -1.62. The van der Waals surface area contributed by atoms with Crippen molar-refractivity contribution >= 4 is 33.0 Å². The fourth-order valence-corrected chi connectivity index (χ4v) is 3.81. The van der Waals surface area contributed by atoms with Crippen molar-refractivity contribution in [1.82, 2.24) is 5.32 Å². The Bertz CT molecular complexity index is 647. The summed E-state index contributed by atoms with van der Waals surface area (Å²) in [6, 6.07) is 4.44. The lowest BCUT2D eigenvalue weighted by molar-refractivity contribution is 0.0952. The molecule has 1 heterocycles. The lowest BCUT2D eigenvalue weighted by Gasteiger charge is -2.09. The molecule has 20 heavy (non-hydrogen) atoms. The Morgan fingerprint density at radius 1 is 1.40 bits per heavy atom. The topological polar surface area (TPSA) is 55.1 Å². The van der Waals surface area contributed by atoms with Crippen LogP contribution in [0, 0.1) is 11.7 Å². The van der Waals surface area contributed by atoms with Gasteiger partial charge in [-0.1, -0.05) is 12.8 Å². The van der Waals surface area contributed by atoms with Gasteiger partial charge in [-0.25, -0.2) is 4.39 Å². The lowest BCUT2D eigenvalue weighted by Crippen LogP contribution is -2.28. The first kappa shape index (κ1) is 13.4. The molecule has 1 aliphatic carbocycles. The molecule has 1 aromatic heterocycles. The van der Waals surface area contributed by atoms with Crippen molar-refractivity contribution in [3.63, 3.8) is 0 Å². The number of benzene rings is 1. The summed E-state index contributed by atoms with van der Waals surface area (Å²) < 4.78 is 14.1. The van der Waals surface area contributed by atoms with Gasteiger partial charge in [0.15, 0.2) is 0 Å². The predicted octanol–water partition coefficient (Wildman–Crippen LogP) is 3.54. The Labute approximate surface area is 121 Å². The fraction of sp³-hybridized carbons (Fsp3) is 0.400. The lowest BCUT2D eigenvalue weighted by atomic mass is 10.1. The van der Waals surface area contributed by atoms with Gasteiger partial charge in [-0.3, -0.25) is 4.79 Å². The van der Waals surface area contributed by atoms with Crippen molar-refractivity contribution in [1.29, 1.82) is 0 Å². The van der Waals surface area contributed by atoms with E-state index < -0.39 is 0 Å². The average Bonchev–Trinajstić information content (AvgIpc) is 3.05. The van der Waals surface area contributed by atoms with E-state index in [9.17, 15) is 9.18 Å². The zero-order valence-corrected chi connectivity index (χ0v) is 11.9. The monoisotopic (exact) mass is 292 g/mol. The van der Waals surface area contributed by atoms with Crippen LogP contribution in [0.4, 0.5) is 10.1 Å². The number of halogens is 1. The number of hydrogen-bond acceptors (Lipinski definition) is 3. The van der Waals surface area contributed by atoms with Gasteiger partial charge >= 0.3 is 0 Å². The minimum Gasteiger partial charge on any atom is -0.397 e. The highest BCUT2D eigenvalue weighted by molar-refractivity contribution is 7.21. The van der Waals surface area contributed by atoms with E-state index in [1.54, 1.807) is 6.07 Å². The third kappa shape index (κ3) is 2.50. The Balaban J connectivity index is 1.78. The molecule has 0 spiro atoms. The summed E-state index contributed by atoms with van der Waals surface area (Å²) >= 11 is 1.32. The molecule has 0 atom stereocenters. The summed E-state index contributed by atoms with van der Waals surface area (Å²) in [7, 11) is 0. The molecule has 1 amide bonds. The summed E-state index contributed by atoms with van der Waals surface area (Å²) in [6.45, 7) is 0.709. The third-order valence-corrected chi connectivity index (χ3v) is 5.11. The number of nitrogen functional groups attached to an aromatic ring is 1. The maximum atomic E-state index is 13.2. The van der Waals surface area contributed by atoms with Crippen LogP contribution in [0.1, 0.15) is 35.4 Å². The van der Waals surface area contributed by atoms with E-state index >= 15 is 0 Å². The van der Waals surface area contributed by atoms with Gasteiger partial charge in [0.2, 0.25) is 0 Å². The Kier molecular flexibility index (Phi) is 3.61. The van der Waals surface area contributed by atoms with Gasteiger partial charge in [0.05, 0.1) is 5.69 Å². The van der Waals surface area contributed by atoms with Gasteiger partial charge in [-0.15, -0.1) is 11.3 Å². The second-order valence-corrected chi connectivity index (χ2v) is 6.40. The van der Waals surface area contributed by atoms with Crippen molar-refractivity contribution in [2.45, 2.75) is 25.7 Å². The molecule has 1 aromatic carbocycles. The molecule has 0 bridgehead atoms. The molecule has 3 N–H and O–H groups in total. The van der Waals surface area contributed by atoms with Crippen molar-refractivity contribution in [3.05, 3.63) is 28.9 Å². The minimum absolute atomic E-state index is 0.143. The Morgan fingerprint density at radius 3 is 2.90 bits per heavy atom. The highest BCUT2D eigenvalue weighted by atomic mass is 32.1. The molecule has 1 saturated carbocycles. The van der Waals surface area contributed by atoms with E-state index in [0.717, 1.165) is 4.70 Å². The number of thiophene rings is 1. The third-order valence-electron chi connectivity index (χ3n) is 3.92. The normalized spacial score (nSPS) is 15.8. The van der Waals surface area contributed by atoms with Crippen LogP contribution in [0.15, 0.2) is 18.2 Å². The number of carbonyl (C=O) groups is 1. The van der Waals surface area contributed by atoms with E-state index in [1.165, 1.54) is 49.2 Å². The van der Waals surface area contributed by atoms with Crippen molar-refractivity contribution < 1.29 is 9.18 Å². The SMILES string of the molecule is Nc1c(C(=O)NCC2CCCC2)sc2ccc(F)cc12. The fourth-order valence-electron chi connectivity index (χ4n) is 2.79. The Morgan fingerprint density at radius 2 is 2.15 bits per heavy atom. The molecule has 106 valence electrons. The summed E-state index contributed by atoms with van der Waals surface area (Å²) in [5.74, 6) is 0.114. The van der Waals surface area contributed by atoms with Gasteiger partial charge in [0.25, 0.3) is 5.91 Å². The van der Waals surface area contributed by atoms with Crippen molar-refractivity contribution in [2.24, 2.45) is 5.92 Å². The standard InChI is InChI=1S/C15H17FN2OS/c16-10-5-6-12-11(7-10)13(17)14(20-12)15(19)18-8-9-3-1-2-4-9/h5-7,9H,1-4,8,17H2,(H,18,19). The number of amides is 1. The number of rotatable bonds is 3. The zero-order chi connectivity index (χ0) is 14.1. The summed E-state index contributed by atoms with van der Waals surface area (Å²) in [6.07, 6.45) is 4.89. The van der Waals surface area contributed by atoms with Crippen LogP contribution in [0.3, 0.4) is 0 Å². The van der Waals surface area contributed by atoms with Gasteiger partial charge in [-0.2, -0.15) is 0 Å². The maximum Gasteiger partial charge on any atom is 0.263 e. The van der Waals surface area contributed by atoms with Crippen LogP contribution in [-0.4, -0.2) is 12.5 Å². The number of nitrogens with one attached hydrogen (secondary N) is 1. The summed E-state index contributed by atoms with van der Waals surface area (Å²) in [5, 5.41) is 3.58. The van der Waals surface area contributed by atoms with Crippen LogP contribution >= 0.6 is 11.3 Å². The van der Waals surface area contributed by atoms with E-state index in [2.05, 4.69) is 5.32 Å². The average molecular weight is 292 g/mol. The van der Waals surface area contributed by atoms with E-state index in [0.29, 0.717) is 28.4 Å². The zero-order valence-electron chi connectivity index (χ0n) is 11.1. The number of hydrogen-bond donors (Lipinski definition) is 2. The molecular weight excluding hydrogens is 275 g/mol. The number of carbonyl (C=O) groups excluding carboxylic acids is 1. The largest absolute Gasteiger partial charge is 0.397 e. The first-order valence-corrected chi connectivity index (χ1v) is 7.72. The molecular formula is C15H17FN2OS. The smallest absolute Gasteiger partial charge is 0.263 e. The van der Waals surface area contributed by atoms with Crippen molar-refractivity contribution in [2.75, 3.05) is 12.3 Å². The predicted molar refractivity (Wildman–Crippen MR) is 80.5 cm³/mol. The summed E-state index contributed by atoms with van der Waals surface area (Å²) in [4.78, 5) is 12.7. The first-order valence-electron chi connectivity index (χ1n) is 6.91.